The highest BCUT2D eigenvalue weighted by Crippen LogP contribution is 2.09. The number of cyclic esters (lactones) is 2. The van der Waals surface area contributed by atoms with Crippen molar-refractivity contribution in [2.24, 2.45) is 0 Å². The second-order valence-corrected chi connectivity index (χ2v) is 1.97. The molecule has 5 nitrogen and oxygen atoms in total. The molecule has 2 atom stereocenters. The van der Waals surface area contributed by atoms with Crippen LogP contribution in [0, 0.1) is 0 Å². The van der Waals surface area contributed by atoms with E-state index in [1.807, 2.05) is 0 Å². The average Bonchev–Trinajstić information content (AvgIpc) is 2.34. The van der Waals surface area contributed by atoms with Crippen LogP contribution in [-0.2, 0) is 9.47 Å². The van der Waals surface area contributed by atoms with Crippen LogP contribution in [0.5, 0.6) is 0 Å². The molecule has 1 saturated heterocycles. The van der Waals surface area contributed by atoms with Crippen molar-refractivity contribution in [3.63, 3.8) is 0 Å². The van der Waals surface area contributed by atoms with Gasteiger partial charge in [0.2, 0.25) is 0 Å². The highest BCUT2D eigenvalue weighted by molar-refractivity contribution is 5.61. The van der Waals surface area contributed by atoms with Crippen molar-refractivity contribution in [2.45, 2.75) is 12.2 Å². The van der Waals surface area contributed by atoms with Gasteiger partial charge < -0.3 is 19.7 Å². The molecule has 0 aromatic carbocycles. The maximum absolute atomic E-state index is 10.2. The maximum atomic E-state index is 10.2. The van der Waals surface area contributed by atoms with Crippen LogP contribution in [0.1, 0.15) is 0 Å². The third kappa shape index (κ3) is 1.37. The predicted molar refractivity (Wildman–Crippen MR) is 29.3 cm³/mol. The van der Waals surface area contributed by atoms with E-state index in [4.69, 9.17) is 10.2 Å². The zero-order valence-electron chi connectivity index (χ0n) is 5.19. The molecule has 1 rings (SSSR count). The lowest BCUT2D eigenvalue weighted by atomic mass is 10.2. The van der Waals surface area contributed by atoms with Crippen molar-refractivity contribution in [3.05, 3.63) is 0 Å². The van der Waals surface area contributed by atoms with Gasteiger partial charge in [-0.3, -0.25) is 0 Å². The minimum absolute atomic E-state index is 0.0144. The number of carbonyl (C=O) groups excluding carboxylic acids is 1. The summed E-state index contributed by atoms with van der Waals surface area (Å²) in [5, 5.41) is 17.3. The summed E-state index contributed by atoms with van der Waals surface area (Å²) in [6, 6.07) is 0. The van der Waals surface area contributed by atoms with E-state index in [0.717, 1.165) is 0 Å². The molecule has 1 aliphatic heterocycles. The first-order chi connectivity index (χ1) is 4.74. The minimum Gasteiger partial charge on any atom is -0.430 e. The van der Waals surface area contributed by atoms with Crippen LogP contribution in [-0.4, -0.2) is 41.8 Å². The predicted octanol–water partition coefficient (Wildman–Crippen LogP) is -1.12. The summed E-state index contributed by atoms with van der Waals surface area (Å²) in [7, 11) is 0. The van der Waals surface area contributed by atoms with Crippen LogP contribution >= 0.6 is 0 Å². The zero-order valence-corrected chi connectivity index (χ0v) is 5.19. The number of hydrogen-bond donors (Lipinski definition) is 2. The molecule has 0 spiro atoms. The van der Waals surface area contributed by atoms with Crippen LogP contribution in [0.4, 0.5) is 4.79 Å². The van der Waals surface area contributed by atoms with Gasteiger partial charge >= 0.3 is 6.16 Å². The molecule has 0 saturated carbocycles. The Morgan fingerprint density at radius 2 is 2.50 bits per heavy atom. The van der Waals surface area contributed by atoms with Gasteiger partial charge in [-0.1, -0.05) is 0 Å². The monoisotopic (exact) mass is 148 g/mol. The average molecular weight is 148 g/mol. The summed E-state index contributed by atoms with van der Waals surface area (Å²) < 4.78 is 8.80. The Hall–Kier alpha value is -0.810. The third-order valence-electron chi connectivity index (χ3n) is 1.23. The molecule has 58 valence electrons. The van der Waals surface area contributed by atoms with E-state index in [1.165, 1.54) is 0 Å². The lowest BCUT2D eigenvalue weighted by Crippen LogP contribution is -2.31. The number of carbonyl (C=O) groups is 1. The fourth-order valence-corrected chi connectivity index (χ4v) is 0.649. The molecule has 1 unspecified atom stereocenters. The largest absolute Gasteiger partial charge is 0.508 e. The Kier molecular flexibility index (Phi) is 2.08. The second kappa shape index (κ2) is 2.85. The molecule has 1 heterocycles. The van der Waals surface area contributed by atoms with Crippen molar-refractivity contribution < 1.29 is 24.5 Å². The molecule has 1 fully saturated rings. The Morgan fingerprint density at radius 1 is 1.80 bits per heavy atom. The van der Waals surface area contributed by atoms with Gasteiger partial charge in [-0.05, 0) is 0 Å². The number of rotatable bonds is 2. The topological polar surface area (TPSA) is 76.0 Å². The molecule has 0 bridgehead atoms. The van der Waals surface area contributed by atoms with Crippen molar-refractivity contribution in [2.75, 3.05) is 13.2 Å². The van der Waals surface area contributed by atoms with Crippen molar-refractivity contribution in [1.82, 2.24) is 0 Å². The van der Waals surface area contributed by atoms with Gasteiger partial charge in [0.05, 0.1) is 6.61 Å². The molecule has 5 heteroatoms. The molecule has 0 radical (unpaired) electrons. The molecule has 10 heavy (non-hydrogen) atoms. The Balaban J connectivity index is 2.36. The van der Waals surface area contributed by atoms with Gasteiger partial charge in [0.25, 0.3) is 0 Å². The zero-order chi connectivity index (χ0) is 7.56. The van der Waals surface area contributed by atoms with Crippen LogP contribution in [0.25, 0.3) is 0 Å². The third-order valence-corrected chi connectivity index (χ3v) is 1.23. The smallest absolute Gasteiger partial charge is 0.430 e. The lowest BCUT2D eigenvalue weighted by molar-refractivity contribution is -0.00102. The van der Waals surface area contributed by atoms with Crippen molar-refractivity contribution in [3.8, 4) is 0 Å². The molecule has 0 aliphatic carbocycles. The molecular weight excluding hydrogens is 140 g/mol. The molecule has 0 amide bonds. The maximum Gasteiger partial charge on any atom is 0.508 e. The summed E-state index contributed by atoms with van der Waals surface area (Å²) in [4.78, 5) is 10.2. The van der Waals surface area contributed by atoms with Crippen molar-refractivity contribution >= 4 is 6.16 Å². The van der Waals surface area contributed by atoms with Gasteiger partial charge in [0.15, 0.2) is 6.10 Å². The summed E-state index contributed by atoms with van der Waals surface area (Å²) in [6.07, 6.45) is -2.54. The molecule has 0 aromatic heterocycles. The Labute approximate surface area is 57.2 Å². The van der Waals surface area contributed by atoms with Crippen LogP contribution in [0.15, 0.2) is 0 Å². The van der Waals surface area contributed by atoms with Crippen LogP contribution in [0.2, 0.25) is 0 Å². The quantitative estimate of drug-likeness (QED) is 0.485. The van der Waals surface area contributed by atoms with Gasteiger partial charge in [0.1, 0.15) is 12.7 Å². The fourth-order valence-electron chi connectivity index (χ4n) is 0.649. The van der Waals surface area contributed by atoms with Crippen LogP contribution in [0.3, 0.4) is 0 Å². The SMILES string of the molecule is O=C1OCC([C@@H](O)CO)O1. The first-order valence-electron chi connectivity index (χ1n) is 2.86. The standard InChI is InChI=1S/C5H8O5/c6-1-3(7)4-2-9-5(8)10-4/h3-4,6-7H,1-2H2/t3-,4?/m0/s1. The summed E-state index contributed by atoms with van der Waals surface area (Å²) in [5.74, 6) is 0. The van der Waals surface area contributed by atoms with E-state index in [9.17, 15) is 4.79 Å². The van der Waals surface area contributed by atoms with E-state index < -0.39 is 25.0 Å². The number of hydrogen-bond acceptors (Lipinski definition) is 5. The molecular formula is C5H8O5. The van der Waals surface area contributed by atoms with Gasteiger partial charge in [-0.2, -0.15) is 0 Å². The summed E-state index contributed by atoms with van der Waals surface area (Å²) in [5.41, 5.74) is 0. The van der Waals surface area contributed by atoms with Crippen LogP contribution < -0.4 is 0 Å². The minimum atomic E-state index is -1.04. The first kappa shape index (κ1) is 7.30. The lowest BCUT2D eigenvalue weighted by Gasteiger charge is -2.10. The molecule has 1 aliphatic rings. The number of aliphatic hydroxyl groups excluding tert-OH is 2. The summed E-state index contributed by atoms with van der Waals surface area (Å²) in [6.45, 7) is -0.415. The van der Waals surface area contributed by atoms with E-state index >= 15 is 0 Å². The number of aliphatic hydroxyl groups is 2. The van der Waals surface area contributed by atoms with E-state index in [2.05, 4.69) is 9.47 Å². The highest BCUT2D eigenvalue weighted by Gasteiger charge is 2.30. The Morgan fingerprint density at radius 3 is 2.90 bits per heavy atom. The summed E-state index contributed by atoms with van der Waals surface area (Å²) >= 11 is 0. The van der Waals surface area contributed by atoms with Gasteiger partial charge in [-0.15, -0.1) is 0 Å². The molecule has 0 aromatic rings. The highest BCUT2D eigenvalue weighted by atomic mass is 16.8. The Bertz CT molecular complexity index is 134. The van der Waals surface area contributed by atoms with E-state index in [1.54, 1.807) is 0 Å². The van der Waals surface area contributed by atoms with E-state index in [-0.39, 0.29) is 6.61 Å². The number of ether oxygens (including phenoxy) is 2. The molecule has 2 N–H and O–H groups in total. The fraction of sp³-hybridized carbons (Fsp3) is 0.800. The second-order valence-electron chi connectivity index (χ2n) is 1.97. The van der Waals surface area contributed by atoms with Gasteiger partial charge in [-0.25, -0.2) is 4.79 Å². The van der Waals surface area contributed by atoms with Gasteiger partial charge in [0, 0.05) is 0 Å². The van der Waals surface area contributed by atoms with Crippen molar-refractivity contribution in [1.29, 1.82) is 0 Å². The van der Waals surface area contributed by atoms with E-state index in [0.29, 0.717) is 0 Å². The first-order valence-corrected chi connectivity index (χ1v) is 2.86. The normalized spacial score (nSPS) is 27.4.